The Hall–Kier alpha value is -2.44. The second-order valence-electron chi connectivity index (χ2n) is 6.10. The highest BCUT2D eigenvalue weighted by Crippen LogP contribution is 2.29. The van der Waals surface area contributed by atoms with E-state index in [0.717, 1.165) is 0 Å². The zero-order chi connectivity index (χ0) is 19.5. The van der Waals surface area contributed by atoms with Gasteiger partial charge in [-0.25, -0.2) is 4.98 Å². The van der Waals surface area contributed by atoms with Crippen molar-refractivity contribution in [1.29, 1.82) is 10.8 Å². The molecule has 6 nitrogen and oxygen atoms in total. The normalized spacial score (nSPS) is 11.0. The van der Waals surface area contributed by atoms with Gasteiger partial charge in [-0.3, -0.25) is 15.6 Å². The maximum atomic E-state index is 12.5. The lowest BCUT2D eigenvalue weighted by Crippen LogP contribution is -2.50. The molecule has 0 fully saturated rings. The van der Waals surface area contributed by atoms with Crippen molar-refractivity contribution in [3.05, 3.63) is 52.1 Å². The zero-order valence-electron chi connectivity index (χ0n) is 14.5. The van der Waals surface area contributed by atoms with Gasteiger partial charge in [-0.1, -0.05) is 29.3 Å². The molecule has 1 aromatic carbocycles. The molecular weight excluding hydrogens is 375 g/mol. The molecule has 0 aliphatic heterocycles. The fourth-order valence-electron chi connectivity index (χ4n) is 2.09. The van der Waals surface area contributed by atoms with Crippen LogP contribution in [0.5, 0.6) is 0 Å². The van der Waals surface area contributed by atoms with Gasteiger partial charge in [0.2, 0.25) is 5.90 Å². The van der Waals surface area contributed by atoms with Gasteiger partial charge >= 0.3 is 0 Å². The second-order valence-corrected chi connectivity index (χ2v) is 6.94. The first-order chi connectivity index (χ1) is 12.1. The molecule has 1 aromatic heterocycles. The summed E-state index contributed by atoms with van der Waals surface area (Å²) in [5, 5.41) is 18.8. The van der Waals surface area contributed by atoms with Gasteiger partial charge in [-0.15, -0.1) is 0 Å². The molecule has 0 unspecified atom stereocenters. The molecule has 26 heavy (non-hydrogen) atoms. The number of carbonyl (C=O) groups is 1. The maximum Gasteiger partial charge on any atom is 0.270 e. The van der Waals surface area contributed by atoms with E-state index in [1.165, 1.54) is 6.92 Å². The lowest BCUT2D eigenvalue weighted by atomic mass is 10.1. The molecule has 0 atom stereocenters. The van der Waals surface area contributed by atoms with Crippen LogP contribution in [-0.2, 0) is 4.74 Å². The summed E-state index contributed by atoms with van der Waals surface area (Å²) >= 11 is 12.1. The molecule has 1 amide bonds. The van der Waals surface area contributed by atoms with Crippen LogP contribution in [0.1, 0.15) is 31.3 Å². The number of ether oxygens (including phenoxy) is 1. The summed E-state index contributed by atoms with van der Waals surface area (Å²) in [5.74, 6) is -0.844. The Morgan fingerprint density at radius 1 is 1.19 bits per heavy atom. The molecule has 0 aliphatic rings. The molecule has 2 rings (SSSR count). The molecule has 0 saturated carbocycles. The van der Waals surface area contributed by atoms with Crippen molar-refractivity contribution in [3.63, 3.8) is 0 Å². The number of rotatable bonds is 4. The van der Waals surface area contributed by atoms with Gasteiger partial charge in [0.05, 0.1) is 10.7 Å². The first-order valence-corrected chi connectivity index (χ1v) is 8.43. The number of nitrogens with one attached hydrogen (secondary N) is 3. The fourth-order valence-corrected chi connectivity index (χ4v) is 2.60. The Kier molecular flexibility index (Phi) is 6.00. The number of nitrogens with zero attached hydrogens (tertiary/aromatic N) is 1. The molecule has 0 aliphatic carbocycles. The topological polar surface area (TPSA) is 98.9 Å². The molecule has 1 heterocycles. The second kappa shape index (κ2) is 7.85. The summed E-state index contributed by atoms with van der Waals surface area (Å²) < 4.78 is 4.97. The van der Waals surface area contributed by atoms with E-state index in [2.05, 4.69) is 10.3 Å². The monoisotopic (exact) mass is 392 g/mol. The first kappa shape index (κ1) is 19.9. The Bertz CT molecular complexity index is 881. The molecule has 136 valence electrons. The molecule has 0 saturated heterocycles. The minimum Gasteiger partial charge on any atom is -0.428 e. The van der Waals surface area contributed by atoms with E-state index >= 15 is 0 Å². The smallest absolute Gasteiger partial charge is 0.270 e. The minimum absolute atomic E-state index is 0.130. The number of pyridine rings is 1. The van der Waals surface area contributed by atoms with Crippen LogP contribution in [0.3, 0.4) is 0 Å². The largest absolute Gasteiger partial charge is 0.428 e. The summed E-state index contributed by atoms with van der Waals surface area (Å²) in [4.78, 5) is 16.9. The average Bonchev–Trinajstić information content (AvgIpc) is 2.54. The van der Waals surface area contributed by atoms with Crippen LogP contribution in [0, 0.1) is 10.8 Å². The summed E-state index contributed by atoms with van der Waals surface area (Å²) in [7, 11) is 0. The fraction of sp³-hybridized carbons (Fsp3) is 0.222. The van der Waals surface area contributed by atoms with Gasteiger partial charge in [0.15, 0.2) is 5.90 Å². The van der Waals surface area contributed by atoms with E-state index < -0.39 is 11.4 Å². The van der Waals surface area contributed by atoms with Crippen LogP contribution in [0.4, 0.5) is 0 Å². The van der Waals surface area contributed by atoms with Gasteiger partial charge < -0.3 is 10.1 Å². The number of hydrogen-bond donors (Lipinski definition) is 3. The van der Waals surface area contributed by atoms with Crippen molar-refractivity contribution in [2.75, 3.05) is 0 Å². The van der Waals surface area contributed by atoms with Crippen LogP contribution in [0.2, 0.25) is 10.0 Å². The van der Waals surface area contributed by atoms with Crippen molar-refractivity contribution in [1.82, 2.24) is 10.3 Å². The Labute approximate surface area is 161 Å². The lowest BCUT2D eigenvalue weighted by molar-refractivity contribution is 0.0922. The summed E-state index contributed by atoms with van der Waals surface area (Å²) in [6.45, 7) is 4.62. The zero-order valence-corrected chi connectivity index (χ0v) is 16.0. The molecule has 2 aromatic rings. The SMILES string of the molecule is CC(=N)OC(=N)C(C)(C)NC(=O)c1cccc(-c2ccc(Cl)cc2Cl)n1. The quantitative estimate of drug-likeness (QED) is 0.525. The van der Waals surface area contributed by atoms with Gasteiger partial charge in [-0.05, 0) is 44.2 Å². The third kappa shape index (κ3) is 4.80. The standard InChI is InChI=1S/C18H18Cl2N4O2/c1-10(21)26-17(22)18(2,3)24-16(25)15-6-4-5-14(23-15)12-8-7-11(19)9-13(12)20/h4-9,21-22H,1-3H3,(H,24,25). The predicted octanol–water partition coefficient (Wildman–Crippen LogP) is 4.55. The van der Waals surface area contributed by atoms with Gasteiger partial charge in [-0.2, -0.15) is 0 Å². The van der Waals surface area contributed by atoms with Crippen molar-refractivity contribution < 1.29 is 9.53 Å². The highest BCUT2D eigenvalue weighted by atomic mass is 35.5. The van der Waals surface area contributed by atoms with E-state index in [0.29, 0.717) is 21.3 Å². The highest BCUT2D eigenvalue weighted by Gasteiger charge is 2.29. The summed E-state index contributed by atoms with van der Waals surface area (Å²) in [5.41, 5.74) is 0.245. The number of carbonyl (C=O) groups excluding carboxylic acids is 1. The minimum atomic E-state index is -1.10. The van der Waals surface area contributed by atoms with Crippen LogP contribution < -0.4 is 5.32 Å². The Morgan fingerprint density at radius 2 is 1.88 bits per heavy atom. The van der Waals surface area contributed by atoms with Crippen molar-refractivity contribution in [2.24, 2.45) is 0 Å². The van der Waals surface area contributed by atoms with Gasteiger partial charge in [0.1, 0.15) is 11.2 Å². The van der Waals surface area contributed by atoms with E-state index in [1.807, 2.05) is 0 Å². The van der Waals surface area contributed by atoms with Crippen molar-refractivity contribution >= 4 is 40.9 Å². The molecule has 3 N–H and O–H groups in total. The van der Waals surface area contributed by atoms with E-state index in [4.69, 9.17) is 38.8 Å². The molecule has 0 spiro atoms. The number of halogens is 2. The maximum absolute atomic E-state index is 12.5. The number of aromatic nitrogens is 1. The van der Waals surface area contributed by atoms with E-state index in [1.54, 1.807) is 50.2 Å². The summed E-state index contributed by atoms with van der Waals surface area (Å²) in [6, 6.07) is 10.0. The molecule has 0 bridgehead atoms. The Balaban J connectivity index is 2.25. The highest BCUT2D eigenvalue weighted by molar-refractivity contribution is 6.36. The third-order valence-corrected chi connectivity index (χ3v) is 3.99. The molecular formula is C18H18Cl2N4O2. The number of benzene rings is 1. The van der Waals surface area contributed by atoms with Crippen LogP contribution in [-0.4, -0.2) is 28.2 Å². The van der Waals surface area contributed by atoms with Crippen LogP contribution >= 0.6 is 23.2 Å². The van der Waals surface area contributed by atoms with E-state index in [9.17, 15) is 4.79 Å². The predicted molar refractivity (Wildman–Crippen MR) is 103 cm³/mol. The average molecular weight is 393 g/mol. The van der Waals surface area contributed by atoms with Gasteiger partial charge in [0.25, 0.3) is 5.91 Å². The number of hydrogen-bond acceptors (Lipinski definition) is 5. The molecule has 0 radical (unpaired) electrons. The first-order valence-electron chi connectivity index (χ1n) is 7.67. The summed E-state index contributed by atoms with van der Waals surface area (Å²) in [6.07, 6.45) is 0. The Morgan fingerprint density at radius 3 is 2.50 bits per heavy atom. The van der Waals surface area contributed by atoms with Crippen molar-refractivity contribution in [3.8, 4) is 11.3 Å². The van der Waals surface area contributed by atoms with Crippen molar-refractivity contribution in [2.45, 2.75) is 26.3 Å². The number of amides is 1. The van der Waals surface area contributed by atoms with Crippen LogP contribution in [0.25, 0.3) is 11.3 Å². The lowest BCUT2D eigenvalue weighted by Gasteiger charge is -2.26. The van der Waals surface area contributed by atoms with Gasteiger partial charge in [0, 0.05) is 17.5 Å². The molecule has 8 heteroatoms. The van der Waals surface area contributed by atoms with Crippen LogP contribution in [0.15, 0.2) is 36.4 Å². The van der Waals surface area contributed by atoms with E-state index in [-0.39, 0.29) is 17.5 Å². The third-order valence-electron chi connectivity index (χ3n) is 3.44.